The van der Waals surface area contributed by atoms with E-state index in [2.05, 4.69) is 25.5 Å². The molecule has 0 spiro atoms. The van der Waals surface area contributed by atoms with Crippen LogP contribution in [0.2, 0.25) is 5.02 Å². The van der Waals surface area contributed by atoms with Crippen molar-refractivity contribution in [3.8, 4) is 5.75 Å². The summed E-state index contributed by atoms with van der Waals surface area (Å²) in [5.74, 6) is 0.817. The first kappa shape index (κ1) is 19.3. The molecular weight excluding hydrogens is 370 g/mol. The maximum absolute atomic E-state index is 12.3. The van der Waals surface area contributed by atoms with Gasteiger partial charge in [-0.3, -0.25) is 9.69 Å². The summed E-state index contributed by atoms with van der Waals surface area (Å²) in [6, 6.07) is 5.01. The predicted octanol–water partition coefficient (Wildman–Crippen LogP) is 2.13. The number of aromatic nitrogens is 2. The van der Waals surface area contributed by atoms with E-state index in [1.165, 1.54) is 13.3 Å². The van der Waals surface area contributed by atoms with Crippen LogP contribution >= 0.6 is 11.6 Å². The molecule has 9 heteroatoms. The lowest BCUT2D eigenvalue weighted by Gasteiger charge is -2.26. The Kier molecular flexibility index (Phi) is 6.80. The summed E-state index contributed by atoms with van der Waals surface area (Å²) in [6.07, 6.45) is 2.99. The molecule has 3 rings (SSSR count). The van der Waals surface area contributed by atoms with E-state index in [0.29, 0.717) is 22.3 Å². The second kappa shape index (κ2) is 9.50. The van der Waals surface area contributed by atoms with Crippen LogP contribution < -0.4 is 15.4 Å². The summed E-state index contributed by atoms with van der Waals surface area (Å²) in [7, 11) is 1.53. The minimum atomic E-state index is -0.358. The molecule has 1 aromatic carbocycles. The molecule has 0 bridgehead atoms. The Balaban J connectivity index is 1.50. The lowest BCUT2D eigenvalue weighted by atomic mass is 10.3. The molecule has 0 unspecified atom stereocenters. The summed E-state index contributed by atoms with van der Waals surface area (Å²) in [4.78, 5) is 23.0. The standard InChI is InChI=1S/C18H22ClN5O3/c1-26-16-3-2-13(10-14(16)19)23-18(25)15-11-22-17(12-21-15)20-4-5-24-6-8-27-9-7-24/h2-3,10-12H,4-9H2,1H3,(H,20,22)(H,23,25). The topological polar surface area (TPSA) is 88.6 Å². The quantitative estimate of drug-likeness (QED) is 0.747. The molecule has 2 N–H and O–H groups in total. The Morgan fingerprint density at radius 3 is 2.78 bits per heavy atom. The van der Waals surface area contributed by atoms with E-state index in [9.17, 15) is 4.79 Å². The number of benzene rings is 1. The first-order valence-corrected chi connectivity index (χ1v) is 9.04. The molecular formula is C18H22ClN5O3. The lowest BCUT2D eigenvalue weighted by molar-refractivity contribution is 0.0398. The molecule has 0 saturated carbocycles. The first-order valence-electron chi connectivity index (χ1n) is 8.66. The number of nitrogens with one attached hydrogen (secondary N) is 2. The zero-order valence-corrected chi connectivity index (χ0v) is 15.8. The van der Waals surface area contributed by atoms with E-state index in [-0.39, 0.29) is 11.6 Å². The Labute approximate surface area is 162 Å². The second-order valence-corrected chi connectivity index (χ2v) is 6.38. The molecule has 1 aliphatic rings. The van der Waals surface area contributed by atoms with Crippen LogP contribution in [0.3, 0.4) is 0 Å². The van der Waals surface area contributed by atoms with Crippen molar-refractivity contribution in [1.29, 1.82) is 0 Å². The largest absolute Gasteiger partial charge is 0.495 e. The van der Waals surface area contributed by atoms with Gasteiger partial charge in [-0.2, -0.15) is 0 Å². The smallest absolute Gasteiger partial charge is 0.275 e. The summed E-state index contributed by atoms with van der Waals surface area (Å²) in [5, 5.41) is 6.36. The van der Waals surface area contributed by atoms with Gasteiger partial charge in [-0.1, -0.05) is 11.6 Å². The van der Waals surface area contributed by atoms with Gasteiger partial charge < -0.3 is 20.1 Å². The third kappa shape index (κ3) is 5.53. The van der Waals surface area contributed by atoms with Crippen molar-refractivity contribution in [2.45, 2.75) is 0 Å². The Hall–Kier alpha value is -2.42. The molecule has 1 fully saturated rings. The number of morpholine rings is 1. The summed E-state index contributed by atoms with van der Waals surface area (Å²) in [6.45, 7) is 5.12. The SMILES string of the molecule is COc1ccc(NC(=O)c2cnc(NCCN3CCOCC3)cn2)cc1Cl. The van der Waals surface area contributed by atoms with Crippen LogP contribution in [0.4, 0.5) is 11.5 Å². The van der Waals surface area contributed by atoms with E-state index < -0.39 is 0 Å². The van der Waals surface area contributed by atoms with Gasteiger partial charge in [0.2, 0.25) is 0 Å². The number of ether oxygens (including phenoxy) is 2. The Morgan fingerprint density at radius 2 is 2.11 bits per heavy atom. The molecule has 2 heterocycles. The van der Waals surface area contributed by atoms with Crippen molar-refractivity contribution in [1.82, 2.24) is 14.9 Å². The molecule has 27 heavy (non-hydrogen) atoms. The predicted molar refractivity (Wildman–Crippen MR) is 104 cm³/mol. The fourth-order valence-electron chi connectivity index (χ4n) is 2.64. The number of amides is 1. The van der Waals surface area contributed by atoms with Crippen LogP contribution in [0.25, 0.3) is 0 Å². The second-order valence-electron chi connectivity index (χ2n) is 5.97. The minimum Gasteiger partial charge on any atom is -0.495 e. The van der Waals surface area contributed by atoms with Crippen molar-refractivity contribution in [3.63, 3.8) is 0 Å². The van der Waals surface area contributed by atoms with Gasteiger partial charge in [0.05, 0.1) is 37.7 Å². The Morgan fingerprint density at radius 1 is 1.30 bits per heavy atom. The van der Waals surface area contributed by atoms with Crippen LogP contribution in [0.5, 0.6) is 5.75 Å². The zero-order chi connectivity index (χ0) is 19.1. The molecule has 1 saturated heterocycles. The number of anilines is 2. The third-order valence-electron chi connectivity index (χ3n) is 4.13. The van der Waals surface area contributed by atoms with E-state index in [4.69, 9.17) is 21.1 Å². The normalized spacial score (nSPS) is 14.6. The highest BCUT2D eigenvalue weighted by Crippen LogP contribution is 2.27. The molecule has 1 aliphatic heterocycles. The van der Waals surface area contributed by atoms with Gasteiger partial charge in [0.25, 0.3) is 5.91 Å². The number of halogens is 1. The van der Waals surface area contributed by atoms with E-state index >= 15 is 0 Å². The number of carbonyl (C=O) groups excluding carboxylic acids is 1. The molecule has 2 aromatic rings. The van der Waals surface area contributed by atoms with E-state index in [1.54, 1.807) is 24.4 Å². The van der Waals surface area contributed by atoms with Crippen LogP contribution in [-0.4, -0.2) is 67.3 Å². The molecule has 144 valence electrons. The fourth-order valence-corrected chi connectivity index (χ4v) is 2.90. The lowest BCUT2D eigenvalue weighted by Crippen LogP contribution is -2.39. The summed E-state index contributed by atoms with van der Waals surface area (Å²) < 4.78 is 10.4. The van der Waals surface area contributed by atoms with Crippen LogP contribution in [0.1, 0.15) is 10.5 Å². The minimum absolute atomic E-state index is 0.223. The molecule has 1 amide bonds. The van der Waals surface area contributed by atoms with Gasteiger partial charge in [-0.15, -0.1) is 0 Å². The van der Waals surface area contributed by atoms with Gasteiger partial charge in [0, 0.05) is 31.9 Å². The van der Waals surface area contributed by atoms with Crippen molar-refractivity contribution in [2.75, 3.05) is 57.1 Å². The maximum Gasteiger partial charge on any atom is 0.275 e. The van der Waals surface area contributed by atoms with Crippen LogP contribution in [0, 0.1) is 0 Å². The average Bonchev–Trinajstić information content (AvgIpc) is 2.69. The maximum atomic E-state index is 12.3. The highest BCUT2D eigenvalue weighted by atomic mass is 35.5. The number of methoxy groups -OCH3 is 1. The van der Waals surface area contributed by atoms with Gasteiger partial charge in [0.15, 0.2) is 0 Å². The molecule has 0 atom stereocenters. The number of rotatable bonds is 7. The van der Waals surface area contributed by atoms with Gasteiger partial charge >= 0.3 is 0 Å². The van der Waals surface area contributed by atoms with Gasteiger partial charge in [-0.25, -0.2) is 9.97 Å². The number of hydrogen-bond donors (Lipinski definition) is 2. The van der Waals surface area contributed by atoms with E-state index in [1.807, 2.05) is 0 Å². The molecule has 8 nitrogen and oxygen atoms in total. The van der Waals surface area contributed by atoms with Crippen molar-refractivity contribution in [2.24, 2.45) is 0 Å². The summed E-state index contributed by atoms with van der Waals surface area (Å²) in [5.41, 5.74) is 0.779. The van der Waals surface area contributed by atoms with Crippen LogP contribution in [-0.2, 0) is 4.74 Å². The fraction of sp³-hybridized carbons (Fsp3) is 0.389. The number of hydrogen-bond acceptors (Lipinski definition) is 7. The highest BCUT2D eigenvalue weighted by molar-refractivity contribution is 6.32. The highest BCUT2D eigenvalue weighted by Gasteiger charge is 2.11. The average molecular weight is 392 g/mol. The molecule has 0 aliphatic carbocycles. The molecule has 1 aromatic heterocycles. The third-order valence-corrected chi connectivity index (χ3v) is 4.43. The Bertz CT molecular complexity index is 766. The van der Waals surface area contributed by atoms with Crippen molar-refractivity contribution >= 4 is 29.0 Å². The number of nitrogens with zero attached hydrogens (tertiary/aromatic N) is 3. The summed E-state index contributed by atoms with van der Waals surface area (Å²) >= 11 is 6.06. The molecule has 0 radical (unpaired) electrons. The van der Waals surface area contributed by atoms with Crippen LogP contribution in [0.15, 0.2) is 30.6 Å². The number of carbonyl (C=O) groups is 1. The first-order chi connectivity index (χ1) is 13.2. The van der Waals surface area contributed by atoms with Gasteiger partial charge in [0.1, 0.15) is 17.3 Å². The van der Waals surface area contributed by atoms with Gasteiger partial charge in [-0.05, 0) is 18.2 Å². The van der Waals surface area contributed by atoms with E-state index in [0.717, 1.165) is 39.4 Å². The van der Waals surface area contributed by atoms with Crippen molar-refractivity contribution < 1.29 is 14.3 Å². The zero-order valence-electron chi connectivity index (χ0n) is 15.1. The monoisotopic (exact) mass is 391 g/mol. The van der Waals surface area contributed by atoms with Crippen molar-refractivity contribution in [3.05, 3.63) is 41.3 Å².